The molecule has 0 saturated carbocycles. The van der Waals surface area contributed by atoms with Gasteiger partial charge in [-0.15, -0.1) is 21.9 Å². The van der Waals surface area contributed by atoms with Crippen molar-refractivity contribution in [3.8, 4) is 5.88 Å². The first kappa shape index (κ1) is 43.8. The van der Waals surface area contributed by atoms with Gasteiger partial charge in [0.1, 0.15) is 52.7 Å². The molecule has 1 N–H and O–H groups in total. The maximum Gasteiger partial charge on any atom is 0.365 e. The molecule has 2 nitrogen and oxygen atoms in total. The number of nitrogens with zero attached hydrogens (tertiary/aromatic N) is 1. The second-order valence-corrected chi connectivity index (χ2v) is 12.0. The molecule has 0 aliphatic carbocycles. The van der Waals surface area contributed by atoms with E-state index in [9.17, 15) is 57.8 Å². The quantitative estimate of drug-likeness (QED) is 0.0604. The Morgan fingerprint density at radius 1 is 0.322 bits per heavy atom. The summed E-state index contributed by atoms with van der Waals surface area (Å²) < 4.78 is 296. The number of benzene rings is 5. The summed E-state index contributed by atoms with van der Waals surface area (Å²) in [5.74, 6) is -71.1. The van der Waals surface area contributed by atoms with Crippen molar-refractivity contribution in [1.82, 2.24) is 0 Å². The predicted octanol–water partition coefficient (Wildman–Crippen LogP) is 7.57. The Hall–Kier alpha value is -6.29. The standard InChI is InChI=1S/C24BF20.C12H11NO/c26-5-1(6(27)14(35)21(42)13(5)34)25(2-7(28)15(36)22(43)16(37)8(2)29,3-9(30)17(38)23(44)18(39)10(3)31)4-11(32)19(40)24(45)20(41)12(4)33;14-12-8-4-5-9-13(12)10-11-6-2-1-3-7-11/h;1-9H,10H2/q-1;/p+1. The molecule has 0 unspecified atom stereocenters. The molecule has 0 aliphatic heterocycles. The molecule has 1 aromatic heterocycles. The fourth-order valence-electron chi connectivity index (χ4n) is 6.26. The third-order valence-corrected chi connectivity index (χ3v) is 8.82. The van der Waals surface area contributed by atoms with Gasteiger partial charge < -0.3 is 5.11 Å². The Morgan fingerprint density at radius 2 is 0.559 bits per heavy atom. The van der Waals surface area contributed by atoms with Gasteiger partial charge in [-0.25, -0.2) is 87.8 Å². The highest BCUT2D eigenvalue weighted by atomic mass is 19.2. The van der Waals surface area contributed by atoms with Gasteiger partial charge in [-0.3, -0.25) is 0 Å². The number of hydrogen-bond donors (Lipinski definition) is 1. The van der Waals surface area contributed by atoms with E-state index in [1.54, 1.807) is 10.6 Å². The lowest BCUT2D eigenvalue weighted by atomic mass is 9.12. The number of hydrogen-bond acceptors (Lipinski definition) is 1. The molecule has 310 valence electrons. The summed E-state index contributed by atoms with van der Waals surface area (Å²) >= 11 is 0. The number of aromatic nitrogens is 1. The van der Waals surface area contributed by atoms with Gasteiger partial charge in [-0.05, 0) is 6.07 Å². The topological polar surface area (TPSA) is 24.1 Å². The minimum absolute atomic E-state index is 0.288. The summed E-state index contributed by atoms with van der Waals surface area (Å²) in [5, 5.41) is 9.53. The molecule has 0 atom stereocenters. The fourth-order valence-corrected chi connectivity index (χ4v) is 6.26. The highest BCUT2D eigenvalue weighted by Crippen LogP contribution is 2.30. The van der Waals surface area contributed by atoms with Gasteiger partial charge in [0.2, 0.25) is 0 Å². The lowest BCUT2D eigenvalue weighted by Crippen LogP contribution is -2.81. The van der Waals surface area contributed by atoms with Gasteiger partial charge in [0.05, 0.1) is 6.07 Å². The highest BCUT2D eigenvalue weighted by Gasteiger charge is 2.52. The maximum atomic E-state index is 15.4. The van der Waals surface area contributed by atoms with Crippen LogP contribution in [0.4, 0.5) is 87.8 Å². The maximum absolute atomic E-state index is 15.4. The van der Waals surface area contributed by atoms with Crippen LogP contribution in [-0.4, -0.2) is 11.3 Å². The van der Waals surface area contributed by atoms with E-state index in [0.717, 1.165) is 0 Å². The van der Waals surface area contributed by atoms with E-state index in [-0.39, 0.29) is 5.88 Å². The molecular weight excluding hydrogens is 853 g/mol. The summed E-state index contributed by atoms with van der Waals surface area (Å²) in [6.07, 6.45) is -5.35. The predicted molar refractivity (Wildman–Crippen MR) is 163 cm³/mol. The van der Waals surface area contributed by atoms with E-state index < -0.39 is 144 Å². The molecule has 6 rings (SSSR count). The zero-order chi connectivity index (χ0) is 44.2. The first-order valence-electron chi connectivity index (χ1n) is 15.5. The van der Waals surface area contributed by atoms with Crippen LogP contribution < -0.4 is 26.4 Å². The largest absolute Gasteiger partial charge is 0.460 e. The van der Waals surface area contributed by atoms with Crippen LogP contribution in [0.2, 0.25) is 0 Å². The van der Waals surface area contributed by atoms with E-state index in [2.05, 4.69) is 0 Å². The van der Waals surface area contributed by atoms with Crippen molar-refractivity contribution in [2.75, 3.05) is 0 Å². The minimum Gasteiger partial charge on any atom is -0.460 e. The van der Waals surface area contributed by atoms with Crippen LogP contribution in [0.1, 0.15) is 5.56 Å². The Balaban J connectivity index is 0.000000395. The van der Waals surface area contributed by atoms with Gasteiger partial charge in [-0.1, -0.05) is 30.3 Å². The molecule has 6 aromatic rings. The lowest BCUT2D eigenvalue weighted by Gasteiger charge is -2.44. The van der Waals surface area contributed by atoms with E-state index in [0.29, 0.717) is 6.54 Å². The molecule has 23 heteroatoms. The normalized spacial score (nSPS) is 11.5. The van der Waals surface area contributed by atoms with Crippen molar-refractivity contribution in [1.29, 1.82) is 0 Å². The van der Waals surface area contributed by atoms with Gasteiger partial charge in [0.25, 0.3) is 0 Å². The number of pyridine rings is 1. The van der Waals surface area contributed by atoms with E-state index in [1.807, 2.05) is 48.7 Å². The molecule has 0 radical (unpaired) electrons. The van der Waals surface area contributed by atoms with E-state index in [4.69, 9.17) is 0 Å². The average molecular weight is 865 g/mol. The Bertz CT molecular complexity index is 2280. The van der Waals surface area contributed by atoms with Crippen LogP contribution >= 0.6 is 0 Å². The fraction of sp³-hybridized carbons (Fsp3) is 0.0278. The van der Waals surface area contributed by atoms with E-state index in [1.165, 1.54) is 5.56 Å². The molecule has 0 saturated heterocycles. The summed E-state index contributed by atoms with van der Waals surface area (Å²) in [6.45, 7) is 0.702. The summed E-state index contributed by atoms with van der Waals surface area (Å²) in [4.78, 5) is 0. The SMILES string of the molecule is Fc1c(F)c(F)c([B-](c2c(F)c(F)c(F)c(F)c2F)(c2c(F)c(F)c(F)c(F)c2F)c2c(F)c(F)c(F)c(F)c2F)c(F)c1F.Oc1cccc[n+]1Cc1ccccc1. The second-order valence-electron chi connectivity index (χ2n) is 12.0. The van der Waals surface area contributed by atoms with Crippen LogP contribution in [-0.2, 0) is 6.54 Å². The van der Waals surface area contributed by atoms with Gasteiger partial charge in [0, 0.05) is 11.6 Å². The van der Waals surface area contributed by atoms with Crippen molar-refractivity contribution in [2.24, 2.45) is 0 Å². The molecule has 0 aliphatic rings. The molecule has 0 fully saturated rings. The van der Waals surface area contributed by atoms with Crippen molar-refractivity contribution in [3.63, 3.8) is 0 Å². The van der Waals surface area contributed by atoms with Crippen LogP contribution in [0, 0.1) is 116 Å². The number of rotatable bonds is 6. The third kappa shape index (κ3) is 6.84. The number of aromatic hydroxyl groups is 1. The Kier molecular flexibility index (Phi) is 12.0. The molecule has 0 spiro atoms. The van der Waals surface area contributed by atoms with Crippen molar-refractivity contribution in [3.05, 3.63) is 177 Å². The summed E-state index contributed by atoms with van der Waals surface area (Å²) in [6, 6.07) is 15.5. The van der Waals surface area contributed by atoms with Crippen LogP contribution in [0.25, 0.3) is 0 Å². The second kappa shape index (κ2) is 16.2. The smallest absolute Gasteiger partial charge is 0.365 e. The number of halogens is 20. The molecule has 0 amide bonds. The third-order valence-electron chi connectivity index (χ3n) is 8.82. The summed E-state index contributed by atoms with van der Waals surface area (Å²) in [5.41, 5.74) is -13.1. The van der Waals surface area contributed by atoms with Crippen molar-refractivity contribution < 1.29 is 97.5 Å². The van der Waals surface area contributed by atoms with E-state index >= 15 is 35.1 Å². The van der Waals surface area contributed by atoms with Gasteiger partial charge in [0.15, 0.2) is 82.5 Å². The summed E-state index contributed by atoms with van der Waals surface area (Å²) in [7, 11) is 0. The molecule has 0 bridgehead atoms. The van der Waals surface area contributed by atoms with Gasteiger partial charge in [-0.2, -0.15) is 4.57 Å². The molecule has 5 aromatic carbocycles. The minimum atomic E-state index is -7.22. The lowest BCUT2D eigenvalue weighted by molar-refractivity contribution is -0.694. The first-order valence-corrected chi connectivity index (χ1v) is 15.5. The monoisotopic (exact) mass is 865 g/mol. The molecule has 1 heterocycles. The first-order chi connectivity index (χ1) is 27.6. The van der Waals surface area contributed by atoms with Gasteiger partial charge >= 0.3 is 5.88 Å². The van der Waals surface area contributed by atoms with Crippen molar-refractivity contribution >= 4 is 28.0 Å². The Morgan fingerprint density at radius 3 is 0.814 bits per heavy atom. The van der Waals surface area contributed by atoms with Crippen LogP contribution in [0.15, 0.2) is 54.7 Å². The zero-order valence-electron chi connectivity index (χ0n) is 27.9. The zero-order valence-corrected chi connectivity index (χ0v) is 27.9. The molecular formula is C36H12BF20NO. The Labute approximate surface area is 314 Å². The highest BCUT2D eigenvalue weighted by molar-refractivity contribution is 7.20. The van der Waals surface area contributed by atoms with Crippen LogP contribution in [0.3, 0.4) is 0 Å². The molecule has 59 heavy (non-hydrogen) atoms. The van der Waals surface area contributed by atoms with Crippen molar-refractivity contribution in [2.45, 2.75) is 6.54 Å². The average Bonchev–Trinajstić information content (AvgIpc) is 3.22. The van der Waals surface area contributed by atoms with Crippen LogP contribution in [0.5, 0.6) is 5.88 Å².